The molecule has 0 fully saturated rings. The molecule has 1 atom stereocenters. The van der Waals surface area contributed by atoms with Gasteiger partial charge in [-0.15, -0.1) is 0 Å². The number of alkyl halides is 2. The maximum atomic E-state index is 12.9. The van der Waals surface area contributed by atoms with E-state index in [1.807, 2.05) is 0 Å². The van der Waals surface area contributed by atoms with Gasteiger partial charge in [-0.1, -0.05) is 6.07 Å². The molecule has 0 radical (unpaired) electrons. The van der Waals surface area contributed by atoms with Crippen molar-refractivity contribution in [1.82, 2.24) is 4.98 Å². The predicted molar refractivity (Wildman–Crippen MR) is 63.3 cm³/mol. The van der Waals surface area contributed by atoms with E-state index in [-0.39, 0.29) is 11.4 Å². The zero-order valence-electron chi connectivity index (χ0n) is 9.48. The highest BCUT2D eigenvalue weighted by molar-refractivity contribution is 8.00. The van der Waals surface area contributed by atoms with Gasteiger partial charge in [0.1, 0.15) is 5.69 Å². The fraction of sp³-hybridized carbons (Fsp3) is 0.364. The Hall–Kier alpha value is -1.48. The van der Waals surface area contributed by atoms with Crippen molar-refractivity contribution in [1.29, 1.82) is 5.26 Å². The highest BCUT2D eigenvalue weighted by Gasteiger charge is 2.25. The molecule has 0 aromatic carbocycles. The molecule has 1 aromatic rings. The molecule has 1 unspecified atom stereocenters. The number of nitriles is 1. The third kappa shape index (κ3) is 4.11. The summed E-state index contributed by atoms with van der Waals surface area (Å²) >= 11 is 0. The molecule has 1 rings (SSSR count). The van der Waals surface area contributed by atoms with Gasteiger partial charge in [0.2, 0.25) is 0 Å². The van der Waals surface area contributed by atoms with Crippen molar-refractivity contribution < 1.29 is 13.0 Å². The fourth-order valence-electron chi connectivity index (χ4n) is 1.25. The molecule has 0 aliphatic carbocycles. The van der Waals surface area contributed by atoms with Crippen molar-refractivity contribution in [2.45, 2.75) is 18.6 Å². The van der Waals surface area contributed by atoms with Crippen LogP contribution in [-0.2, 0) is 21.2 Å². The third-order valence-corrected chi connectivity index (χ3v) is 3.54. The Labute approximate surface area is 99.1 Å². The van der Waals surface area contributed by atoms with Crippen LogP contribution >= 0.6 is 0 Å². The molecule has 0 saturated heterocycles. The van der Waals surface area contributed by atoms with E-state index in [2.05, 4.69) is 4.98 Å². The first-order valence-electron chi connectivity index (χ1n) is 4.77. The normalized spacial score (nSPS) is 14.8. The van der Waals surface area contributed by atoms with E-state index in [9.17, 15) is 13.0 Å². The van der Waals surface area contributed by atoms with Crippen LogP contribution in [0.25, 0.3) is 0 Å². The lowest BCUT2D eigenvalue weighted by atomic mass is 10.2. The van der Waals surface area contributed by atoms with Gasteiger partial charge in [-0.25, -0.2) is 0 Å². The molecule has 0 bridgehead atoms. The Morgan fingerprint density at radius 3 is 2.65 bits per heavy atom. The number of rotatable bonds is 3. The van der Waals surface area contributed by atoms with Gasteiger partial charge in [0.25, 0.3) is 5.92 Å². The summed E-state index contributed by atoms with van der Waals surface area (Å²) in [6.45, 7) is 0.765. The Kier molecular flexibility index (Phi) is 3.83. The Bertz CT molecular complexity index is 546. The Morgan fingerprint density at radius 1 is 1.59 bits per heavy atom. The number of halogens is 2. The SMILES string of the molecule is CC(F)(F)c1ccc(CS(C)(=O)=CC#N)cn1. The average Bonchev–Trinajstić information content (AvgIpc) is 2.16. The quantitative estimate of drug-likeness (QED) is 0.778. The minimum absolute atomic E-state index is 0.128. The molecule has 1 aromatic heterocycles. The summed E-state index contributed by atoms with van der Waals surface area (Å²) in [6.07, 6.45) is 2.71. The molecule has 92 valence electrons. The molecule has 0 aliphatic heterocycles. The number of hydrogen-bond donors (Lipinski definition) is 0. The van der Waals surface area contributed by atoms with Crippen molar-refractivity contribution in [3.8, 4) is 6.07 Å². The second kappa shape index (κ2) is 4.80. The first-order chi connectivity index (χ1) is 7.74. The van der Waals surface area contributed by atoms with Gasteiger partial charge < -0.3 is 0 Å². The summed E-state index contributed by atoms with van der Waals surface area (Å²) in [5.74, 6) is -2.85. The minimum atomic E-state index is -2.98. The van der Waals surface area contributed by atoms with Gasteiger partial charge in [-0.3, -0.25) is 9.19 Å². The van der Waals surface area contributed by atoms with Gasteiger partial charge >= 0.3 is 0 Å². The van der Waals surface area contributed by atoms with Gasteiger partial charge in [0, 0.05) is 25.1 Å². The van der Waals surface area contributed by atoms with Gasteiger partial charge in [-0.2, -0.15) is 14.0 Å². The van der Waals surface area contributed by atoms with Gasteiger partial charge in [0.05, 0.1) is 11.4 Å². The molecular formula is C11H12F2N2OS. The monoisotopic (exact) mass is 258 g/mol. The lowest BCUT2D eigenvalue weighted by Crippen LogP contribution is -2.10. The van der Waals surface area contributed by atoms with Crippen molar-refractivity contribution in [3.63, 3.8) is 0 Å². The summed E-state index contributed by atoms with van der Waals surface area (Å²) in [7, 11) is -2.40. The van der Waals surface area contributed by atoms with Crippen molar-refractivity contribution >= 4 is 14.9 Å². The summed E-state index contributed by atoms with van der Waals surface area (Å²) in [6, 6.07) is 4.38. The van der Waals surface area contributed by atoms with Crippen LogP contribution in [-0.4, -0.2) is 20.8 Å². The third-order valence-electron chi connectivity index (χ3n) is 2.03. The largest absolute Gasteiger partial charge is 0.286 e. The highest BCUT2D eigenvalue weighted by atomic mass is 32.2. The van der Waals surface area contributed by atoms with Crippen molar-refractivity contribution in [2.24, 2.45) is 0 Å². The molecule has 0 saturated carbocycles. The summed E-state index contributed by atoms with van der Waals surface area (Å²) < 4.78 is 37.5. The molecule has 0 N–H and O–H groups in total. The number of nitrogens with zero attached hydrogens (tertiary/aromatic N) is 2. The number of hydrogen-bond acceptors (Lipinski definition) is 3. The summed E-state index contributed by atoms with van der Waals surface area (Å²) in [5.41, 5.74) is 0.241. The van der Waals surface area contributed by atoms with Crippen molar-refractivity contribution in [2.75, 3.05) is 6.26 Å². The Morgan fingerprint density at radius 2 is 2.24 bits per heavy atom. The lowest BCUT2D eigenvalue weighted by Gasteiger charge is -2.10. The van der Waals surface area contributed by atoms with Crippen molar-refractivity contribution in [3.05, 3.63) is 29.6 Å². The zero-order chi connectivity index (χ0) is 13.1. The fourth-order valence-corrected chi connectivity index (χ4v) is 2.39. The summed E-state index contributed by atoms with van der Waals surface area (Å²) in [5, 5.41) is 9.50. The second-order valence-corrected chi connectivity index (χ2v) is 6.57. The molecule has 1 heterocycles. The predicted octanol–water partition coefficient (Wildman–Crippen LogP) is 1.93. The van der Waals surface area contributed by atoms with Crippen LogP contribution in [0.3, 0.4) is 0 Å². The first kappa shape index (κ1) is 13.6. The zero-order valence-corrected chi connectivity index (χ0v) is 10.3. The van der Waals surface area contributed by atoms with Gasteiger partial charge in [0.15, 0.2) is 0 Å². The maximum Gasteiger partial charge on any atom is 0.286 e. The van der Waals surface area contributed by atoms with E-state index < -0.39 is 15.4 Å². The highest BCUT2D eigenvalue weighted by Crippen LogP contribution is 2.24. The second-order valence-electron chi connectivity index (χ2n) is 3.90. The minimum Gasteiger partial charge on any atom is -0.267 e. The number of pyridine rings is 1. The topological polar surface area (TPSA) is 53.8 Å². The van der Waals surface area contributed by atoms with Gasteiger partial charge in [-0.05, 0) is 21.2 Å². The van der Waals surface area contributed by atoms with Crippen LogP contribution in [0.15, 0.2) is 18.3 Å². The van der Waals surface area contributed by atoms with E-state index in [0.29, 0.717) is 5.56 Å². The molecule has 0 aliphatic rings. The average molecular weight is 258 g/mol. The van der Waals surface area contributed by atoms with E-state index in [0.717, 1.165) is 12.3 Å². The van der Waals surface area contributed by atoms with E-state index in [1.165, 1.54) is 24.6 Å². The number of aromatic nitrogens is 1. The van der Waals surface area contributed by atoms with Crippen LogP contribution in [0, 0.1) is 11.3 Å². The van der Waals surface area contributed by atoms with Crippen LogP contribution in [0.5, 0.6) is 0 Å². The maximum absolute atomic E-state index is 12.9. The smallest absolute Gasteiger partial charge is 0.267 e. The van der Waals surface area contributed by atoms with E-state index in [1.54, 1.807) is 6.07 Å². The molecule has 0 amide bonds. The van der Waals surface area contributed by atoms with Crippen LogP contribution in [0.2, 0.25) is 0 Å². The molecule has 3 nitrogen and oxygen atoms in total. The molecule has 6 heteroatoms. The standard InChI is InChI=1S/C11H12F2N2OS/c1-11(12,13)10-4-3-9(7-15-10)8-17(2,16)6-5-14/h3-4,6-7H,8H2,1-2H3. The molecule has 17 heavy (non-hydrogen) atoms. The Balaban J connectivity index is 2.95. The van der Waals surface area contributed by atoms with Crippen LogP contribution < -0.4 is 0 Å². The summed E-state index contributed by atoms with van der Waals surface area (Å²) in [4.78, 5) is 3.62. The molecule has 0 spiro atoms. The first-order valence-corrected chi connectivity index (χ1v) is 6.97. The van der Waals surface area contributed by atoms with E-state index in [4.69, 9.17) is 5.26 Å². The van der Waals surface area contributed by atoms with Crippen LogP contribution in [0.4, 0.5) is 8.78 Å². The molecular weight excluding hydrogens is 246 g/mol. The lowest BCUT2D eigenvalue weighted by molar-refractivity contribution is 0.0127. The van der Waals surface area contributed by atoms with Crippen LogP contribution in [0.1, 0.15) is 18.2 Å². The van der Waals surface area contributed by atoms with E-state index >= 15 is 0 Å².